The number of carboxylic acids is 1. The van der Waals surface area contributed by atoms with Gasteiger partial charge < -0.3 is 20.9 Å². The number of carboxylic acid groups (broad SMARTS) is 1. The molecule has 0 saturated carbocycles. The third kappa shape index (κ3) is 6.05. The van der Waals surface area contributed by atoms with Crippen LogP contribution in [0.1, 0.15) is 31.5 Å². The number of rotatable bonds is 5. The zero-order valence-electron chi connectivity index (χ0n) is 11.9. The minimum atomic E-state index is -1.17. The van der Waals surface area contributed by atoms with E-state index in [2.05, 4.69) is 10.3 Å². The normalized spacial score (nSPS) is 12.5. The van der Waals surface area contributed by atoms with Gasteiger partial charge in [-0.3, -0.25) is 0 Å². The summed E-state index contributed by atoms with van der Waals surface area (Å²) < 4.78 is 5.03. The number of hydrogen-bond donors (Lipinski definition) is 3. The number of nitrogens with zero attached hydrogens (tertiary/aromatic N) is 1. The number of nitrogens with one attached hydrogen (secondary N) is 1. The second-order valence-corrected chi connectivity index (χ2v) is 6.61. The summed E-state index contributed by atoms with van der Waals surface area (Å²) in [5.74, 6) is -1.17. The topological polar surface area (TPSA) is 115 Å². The fourth-order valence-electron chi connectivity index (χ4n) is 1.34. The van der Waals surface area contributed by atoms with Crippen LogP contribution in [0.15, 0.2) is 5.38 Å². The molecule has 1 heterocycles. The number of amides is 1. The van der Waals surface area contributed by atoms with Crippen molar-refractivity contribution in [1.29, 1.82) is 0 Å². The smallest absolute Gasteiger partial charge is 0.408 e. The van der Waals surface area contributed by atoms with Crippen molar-refractivity contribution in [2.24, 2.45) is 5.73 Å². The average Bonchev–Trinajstić information content (AvgIpc) is 2.74. The number of carbonyl (C=O) groups excluding carboxylic acids is 1. The van der Waals surface area contributed by atoms with Crippen molar-refractivity contribution < 1.29 is 19.4 Å². The standard InChI is InChI=1S/C12H17N3O4S2/c1-12(2,3)19-11(18)15-6(10(16)17)4-8-14-7(5-21-8)9(13)20/h5-6H,4H2,1-3H3,(H2,13,20)(H,15,18)(H,16,17). The summed E-state index contributed by atoms with van der Waals surface area (Å²) in [6.07, 6.45) is -0.761. The maximum Gasteiger partial charge on any atom is 0.408 e. The number of thiazole rings is 1. The van der Waals surface area contributed by atoms with Gasteiger partial charge in [0.15, 0.2) is 0 Å². The van der Waals surface area contributed by atoms with Crippen LogP contribution in [0.4, 0.5) is 4.79 Å². The monoisotopic (exact) mass is 331 g/mol. The molecule has 4 N–H and O–H groups in total. The largest absolute Gasteiger partial charge is 0.480 e. The van der Waals surface area contributed by atoms with Gasteiger partial charge in [-0.25, -0.2) is 14.6 Å². The van der Waals surface area contributed by atoms with Crippen LogP contribution in [0.3, 0.4) is 0 Å². The molecule has 0 bridgehead atoms. The van der Waals surface area contributed by atoms with Crippen LogP contribution in [0.25, 0.3) is 0 Å². The quantitative estimate of drug-likeness (QED) is 0.697. The molecular formula is C12H17N3O4S2. The molecule has 7 nitrogen and oxygen atoms in total. The van der Waals surface area contributed by atoms with Gasteiger partial charge in [-0.2, -0.15) is 0 Å². The van der Waals surface area contributed by atoms with Crippen molar-refractivity contribution in [3.05, 3.63) is 16.1 Å². The minimum absolute atomic E-state index is 0.0296. The van der Waals surface area contributed by atoms with Crippen molar-refractivity contribution >= 4 is 40.6 Å². The van der Waals surface area contributed by atoms with E-state index in [0.29, 0.717) is 10.7 Å². The summed E-state index contributed by atoms with van der Waals surface area (Å²) in [5, 5.41) is 13.6. The second kappa shape index (κ2) is 6.81. The van der Waals surface area contributed by atoms with E-state index in [1.54, 1.807) is 26.2 Å². The lowest BCUT2D eigenvalue weighted by molar-refractivity contribution is -0.139. The fraction of sp³-hybridized carbons (Fsp3) is 0.500. The molecule has 1 amide bonds. The second-order valence-electron chi connectivity index (χ2n) is 5.23. The summed E-state index contributed by atoms with van der Waals surface area (Å²) in [6.45, 7) is 5.08. The molecule has 116 valence electrons. The van der Waals surface area contributed by atoms with Gasteiger partial charge in [0, 0.05) is 11.8 Å². The molecule has 1 atom stereocenters. The number of thiocarbonyl (C=S) groups is 1. The fourth-order valence-corrected chi connectivity index (χ4v) is 2.36. The Bertz CT molecular complexity index is 551. The number of hydrogen-bond acceptors (Lipinski definition) is 6. The van der Waals surface area contributed by atoms with E-state index in [9.17, 15) is 9.59 Å². The van der Waals surface area contributed by atoms with Crippen molar-refractivity contribution in [2.75, 3.05) is 0 Å². The van der Waals surface area contributed by atoms with Crippen LogP contribution in [0.2, 0.25) is 0 Å². The van der Waals surface area contributed by atoms with Crippen LogP contribution in [0, 0.1) is 0 Å². The van der Waals surface area contributed by atoms with Gasteiger partial charge >= 0.3 is 12.1 Å². The van der Waals surface area contributed by atoms with Gasteiger partial charge in [0.05, 0.1) is 5.01 Å². The van der Waals surface area contributed by atoms with Crippen molar-refractivity contribution in [1.82, 2.24) is 10.3 Å². The highest BCUT2D eigenvalue weighted by atomic mass is 32.1. The number of carbonyl (C=O) groups is 2. The first kappa shape index (κ1) is 17.3. The van der Waals surface area contributed by atoms with E-state index in [-0.39, 0.29) is 11.4 Å². The lowest BCUT2D eigenvalue weighted by atomic mass is 10.2. The Morgan fingerprint density at radius 2 is 2.19 bits per heavy atom. The summed E-state index contributed by atoms with van der Waals surface area (Å²) >= 11 is 6.02. The lowest BCUT2D eigenvalue weighted by Crippen LogP contribution is -2.44. The number of nitrogens with two attached hydrogens (primary N) is 1. The summed E-state index contributed by atoms with van der Waals surface area (Å²) in [7, 11) is 0. The first-order chi connectivity index (χ1) is 9.58. The van der Waals surface area contributed by atoms with E-state index >= 15 is 0 Å². The van der Waals surface area contributed by atoms with Crippen LogP contribution in [-0.2, 0) is 16.0 Å². The Morgan fingerprint density at radius 1 is 1.57 bits per heavy atom. The van der Waals surface area contributed by atoms with E-state index in [1.165, 1.54) is 11.3 Å². The molecule has 0 aromatic carbocycles. The summed E-state index contributed by atoms with van der Waals surface area (Å²) in [5.41, 5.74) is 5.17. The van der Waals surface area contributed by atoms with Crippen LogP contribution in [0.5, 0.6) is 0 Å². The zero-order chi connectivity index (χ0) is 16.2. The summed E-state index contributed by atoms with van der Waals surface area (Å²) in [6, 6.07) is -1.13. The van der Waals surface area contributed by atoms with Gasteiger partial charge in [-0.1, -0.05) is 12.2 Å². The number of alkyl carbamates (subject to hydrolysis) is 1. The van der Waals surface area contributed by atoms with Gasteiger partial charge in [-0.05, 0) is 20.8 Å². The minimum Gasteiger partial charge on any atom is -0.480 e. The van der Waals surface area contributed by atoms with E-state index in [0.717, 1.165) is 0 Å². The molecule has 0 radical (unpaired) electrons. The number of aliphatic carboxylic acids is 1. The van der Waals surface area contributed by atoms with E-state index in [1.807, 2.05) is 0 Å². The molecular weight excluding hydrogens is 314 g/mol. The highest BCUT2D eigenvalue weighted by Crippen LogP contribution is 2.13. The van der Waals surface area contributed by atoms with Crippen LogP contribution in [-0.4, -0.2) is 38.8 Å². The van der Waals surface area contributed by atoms with Crippen LogP contribution < -0.4 is 11.1 Å². The van der Waals surface area contributed by atoms with Gasteiger partial charge in [0.1, 0.15) is 22.3 Å². The average molecular weight is 331 g/mol. The van der Waals surface area contributed by atoms with E-state index < -0.39 is 23.7 Å². The summed E-state index contributed by atoms with van der Waals surface area (Å²) in [4.78, 5) is 27.1. The molecule has 9 heteroatoms. The van der Waals surface area contributed by atoms with Crippen LogP contribution >= 0.6 is 23.6 Å². The maximum atomic E-state index is 11.6. The molecule has 0 aliphatic rings. The lowest BCUT2D eigenvalue weighted by Gasteiger charge is -2.21. The van der Waals surface area contributed by atoms with Crippen molar-refractivity contribution in [2.45, 2.75) is 38.8 Å². The van der Waals surface area contributed by atoms with Crippen molar-refractivity contribution in [3.63, 3.8) is 0 Å². The molecule has 0 spiro atoms. The Morgan fingerprint density at radius 3 is 2.62 bits per heavy atom. The predicted octanol–water partition coefficient (Wildman–Crippen LogP) is 1.30. The molecule has 0 fully saturated rings. The van der Waals surface area contributed by atoms with Gasteiger partial charge in [0.25, 0.3) is 0 Å². The Balaban J connectivity index is 2.71. The molecule has 21 heavy (non-hydrogen) atoms. The number of ether oxygens (including phenoxy) is 1. The predicted molar refractivity (Wildman–Crippen MR) is 82.5 cm³/mol. The van der Waals surface area contributed by atoms with Gasteiger partial charge in [-0.15, -0.1) is 11.3 Å². The Labute approximate surface area is 131 Å². The molecule has 0 aliphatic carbocycles. The van der Waals surface area contributed by atoms with Crippen molar-refractivity contribution in [3.8, 4) is 0 Å². The van der Waals surface area contributed by atoms with E-state index in [4.69, 9.17) is 27.8 Å². The van der Waals surface area contributed by atoms with Gasteiger partial charge in [0.2, 0.25) is 0 Å². The first-order valence-electron chi connectivity index (χ1n) is 6.05. The molecule has 0 aliphatic heterocycles. The first-order valence-corrected chi connectivity index (χ1v) is 7.34. The number of aromatic nitrogens is 1. The molecule has 1 aromatic rings. The highest BCUT2D eigenvalue weighted by molar-refractivity contribution is 7.80. The Hall–Kier alpha value is -1.74. The molecule has 0 saturated heterocycles. The highest BCUT2D eigenvalue weighted by Gasteiger charge is 2.25. The molecule has 1 unspecified atom stereocenters. The Kier molecular flexibility index (Phi) is 5.62. The molecule has 1 aromatic heterocycles. The maximum absolute atomic E-state index is 11.6. The SMILES string of the molecule is CC(C)(C)OC(=O)NC(Cc1nc(C(N)=S)cs1)C(=O)O. The third-order valence-corrected chi connectivity index (χ3v) is 3.25. The molecule has 1 rings (SSSR count). The third-order valence-electron chi connectivity index (χ3n) is 2.17. The zero-order valence-corrected chi connectivity index (χ0v) is 13.5.